The van der Waals surface area contributed by atoms with Crippen LogP contribution in [0.3, 0.4) is 0 Å². The van der Waals surface area contributed by atoms with Gasteiger partial charge in [0.15, 0.2) is 8.07 Å². The third kappa shape index (κ3) is 4.13. The lowest BCUT2D eigenvalue weighted by atomic mass is 10.2. The van der Waals surface area contributed by atoms with E-state index in [2.05, 4.69) is 78.5 Å². The summed E-state index contributed by atoms with van der Waals surface area (Å²) in [6.45, 7) is 2.04. The van der Waals surface area contributed by atoms with Crippen molar-refractivity contribution in [2.75, 3.05) is 0 Å². The first-order valence-corrected chi connectivity index (χ1v) is 13.3. The van der Waals surface area contributed by atoms with Crippen molar-refractivity contribution in [3.05, 3.63) is 132 Å². The molecule has 148 valence electrons. The van der Waals surface area contributed by atoms with Crippen LogP contribution in [0.4, 0.5) is 0 Å². The van der Waals surface area contributed by atoms with Gasteiger partial charge in [0.05, 0.1) is 10.8 Å². The molecule has 4 aromatic rings. The SMILES string of the molecule is Cc1ccc([S@](=O)/C=C/[Si](c2ccccc2)(c2ccccc2)c2ccccc2)cc1. The van der Waals surface area contributed by atoms with E-state index in [0.29, 0.717) is 0 Å². The minimum atomic E-state index is -2.50. The summed E-state index contributed by atoms with van der Waals surface area (Å²) in [5.41, 5.74) is 3.41. The fourth-order valence-corrected chi connectivity index (χ4v) is 9.41. The van der Waals surface area contributed by atoms with Crippen LogP contribution in [0.2, 0.25) is 0 Å². The molecule has 0 radical (unpaired) electrons. The number of rotatable bonds is 6. The van der Waals surface area contributed by atoms with Gasteiger partial charge in [0.2, 0.25) is 0 Å². The van der Waals surface area contributed by atoms with Crippen LogP contribution in [0, 0.1) is 6.92 Å². The standard InChI is InChI=1S/C27H24OSSi/c1-23-17-19-24(20-18-23)29(28)21-22-30(25-11-5-2-6-12-25,26-13-7-3-8-14-26)27-15-9-4-10-16-27/h2-22H,1H3/b22-21+/t29-/m1/s1. The number of aryl methyl sites for hydroxylation is 1. The number of hydrogen-bond acceptors (Lipinski definition) is 1. The predicted octanol–water partition coefficient (Wildman–Crippen LogP) is 4.33. The smallest absolute Gasteiger partial charge is 0.173 e. The maximum atomic E-state index is 13.1. The van der Waals surface area contributed by atoms with E-state index in [9.17, 15) is 4.21 Å². The lowest BCUT2D eigenvalue weighted by Gasteiger charge is -2.30. The Morgan fingerprint density at radius 2 is 1.00 bits per heavy atom. The highest BCUT2D eigenvalue weighted by Gasteiger charge is 2.36. The van der Waals surface area contributed by atoms with Crippen molar-refractivity contribution in [3.8, 4) is 0 Å². The molecule has 0 bridgehead atoms. The van der Waals surface area contributed by atoms with Gasteiger partial charge in [0, 0.05) is 10.3 Å². The van der Waals surface area contributed by atoms with Crippen molar-refractivity contribution in [1.29, 1.82) is 0 Å². The lowest BCUT2D eigenvalue weighted by molar-refractivity contribution is 0.688. The van der Waals surface area contributed by atoms with E-state index in [0.717, 1.165) is 4.90 Å². The quantitative estimate of drug-likeness (QED) is 0.333. The van der Waals surface area contributed by atoms with Crippen molar-refractivity contribution in [2.24, 2.45) is 0 Å². The second-order valence-corrected chi connectivity index (χ2v) is 12.3. The predicted molar refractivity (Wildman–Crippen MR) is 131 cm³/mol. The van der Waals surface area contributed by atoms with Gasteiger partial charge in [0.25, 0.3) is 0 Å². The Morgan fingerprint density at radius 3 is 1.40 bits per heavy atom. The van der Waals surface area contributed by atoms with Crippen LogP contribution in [0.1, 0.15) is 5.56 Å². The van der Waals surface area contributed by atoms with E-state index in [-0.39, 0.29) is 0 Å². The fourth-order valence-electron chi connectivity index (χ4n) is 3.81. The highest BCUT2D eigenvalue weighted by molar-refractivity contribution is 7.88. The van der Waals surface area contributed by atoms with Crippen LogP contribution in [-0.2, 0) is 10.8 Å². The Kier molecular flexibility index (Phi) is 6.22. The Labute approximate surface area is 182 Å². The number of benzene rings is 4. The normalized spacial score (nSPS) is 12.7. The first-order chi connectivity index (χ1) is 14.7. The van der Waals surface area contributed by atoms with Gasteiger partial charge in [-0.15, -0.1) is 0 Å². The average molecular weight is 425 g/mol. The molecule has 4 rings (SSSR count). The molecule has 0 aliphatic rings. The van der Waals surface area contributed by atoms with Crippen molar-refractivity contribution >= 4 is 34.4 Å². The molecule has 4 aromatic carbocycles. The Balaban J connectivity index is 1.91. The fraction of sp³-hybridized carbons (Fsp3) is 0.0370. The highest BCUT2D eigenvalue weighted by atomic mass is 32.2. The molecule has 30 heavy (non-hydrogen) atoms. The van der Waals surface area contributed by atoms with Crippen LogP contribution >= 0.6 is 0 Å². The van der Waals surface area contributed by atoms with Gasteiger partial charge in [-0.2, -0.15) is 0 Å². The van der Waals surface area contributed by atoms with Crippen LogP contribution in [0.5, 0.6) is 0 Å². The van der Waals surface area contributed by atoms with Gasteiger partial charge in [-0.3, -0.25) is 0 Å². The highest BCUT2D eigenvalue weighted by Crippen LogP contribution is 2.14. The van der Waals surface area contributed by atoms with Crippen LogP contribution in [-0.4, -0.2) is 12.3 Å². The second kappa shape index (κ2) is 9.20. The molecule has 0 unspecified atom stereocenters. The summed E-state index contributed by atoms with van der Waals surface area (Å²) in [5, 5.41) is 5.72. The van der Waals surface area contributed by atoms with Crippen LogP contribution in [0.25, 0.3) is 0 Å². The molecule has 0 heterocycles. The molecule has 0 aliphatic carbocycles. The summed E-state index contributed by atoms with van der Waals surface area (Å²) in [6, 6.07) is 39.8. The van der Waals surface area contributed by atoms with Crippen LogP contribution < -0.4 is 15.6 Å². The Hall–Kier alpha value is -3.01. The van der Waals surface area contributed by atoms with E-state index in [1.807, 2.05) is 54.8 Å². The molecule has 0 fully saturated rings. The van der Waals surface area contributed by atoms with Crippen molar-refractivity contribution in [2.45, 2.75) is 11.8 Å². The summed E-state index contributed by atoms with van der Waals surface area (Å²) < 4.78 is 13.1. The monoisotopic (exact) mass is 424 g/mol. The van der Waals surface area contributed by atoms with Gasteiger partial charge in [0.1, 0.15) is 0 Å². The summed E-state index contributed by atoms with van der Waals surface area (Å²) >= 11 is 0. The van der Waals surface area contributed by atoms with E-state index < -0.39 is 18.9 Å². The molecule has 0 aliphatic heterocycles. The first-order valence-electron chi connectivity index (χ1n) is 10.0. The van der Waals surface area contributed by atoms with Gasteiger partial charge >= 0.3 is 0 Å². The van der Waals surface area contributed by atoms with Crippen molar-refractivity contribution in [1.82, 2.24) is 0 Å². The molecule has 1 nitrogen and oxygen atoms in total. The van der Waals surface area contributed by atoms with Gasteiger partial charge in [-0.1, -0.05) is 114 Å². The van der Waals surface area contributed by atoms with E-state index in [1.54, 1.807) is 0 Å². The Morgan fingerprint density at radius 1 is 0.600 bits per heavy atom. The largest absolute Gasteiger partial charge is 0.250 e. The van der Waals surface area contributed by atoms with E-state index in [4.69, 9.17) is 0 Å². The molecular formula is C27H24OSSi. The third-order valence-corrected chi connectivity index (χ3v) is 11.1. The van der Waals surface area contributed by atoms with E-state index >= 15 is 0 Å². The zero-order valence-electron chi connectivity index (χ0n) is 16.9. The molecule has 0 amide bonds. The number of hydrogen-bond donors (Lipinski definition) is 0. The summed E-state index contributed by atoms with van der Waals surface area (Å²) in [4.78, 5) is 0.828. The summed E-state index contributed by atoms with van der Waals surface area (Å²) in [6.07, 6.45) is 0. The summed E-state index contributed by atoms with van der Waals surface area (Å²) in [7, 11) is -3.71. The molecule has 0 spiro atoms. The van der Waals surface area contributed by atoms with Crippen molar-refractivity contribution < 1.29 is 4.21 Å². The average Bonchev–Trinajstić information content (AvgIpc) is 2.82. The van der Waals surface area contributed by atoms with Crippen molar-refractivity contribution in [3.63, 3.8) is 0 Å². The topological polar surface area (TPSA) is 17.1 Å². The molecule has 0 saturated heterocycles. The minimum absolute atomic E-state index is 0.828. The zero-order chi connectivity index (χ0) is 20.8. The van der Waals surface area contributed by atoms with Gasteiger partial charge < -0.3 is 0 Å². The molecule has 0 N–H and O–H groups in total. The van der Waals surface area contributed by atoms with Gasteiger partial charge in [-0.25, -0.2) is 4.21 Å². The summed E-state index contributed by atoms with van der Waals surface area (Å²) in [5.74, 6) is 0. The molecule has 1 atom stereocenters. The first kappa shape index (κ1) is 20.3. The molecule has 3 heteroatoms. The second-order valence-electron chi connectivity index (χ2n) is 7.32. The molecular weight excluding hydrogens is 400 g/mol. The minimum Gasteiger partial charge on any atom is -0.250 e. The lowest BCUT2D eigenvalue weighted by Crippen LogP contribution is -2.66. The maximum absolute atomic E-state index is 13.1. The van der Waals surface area contributed by atoms with Crippen LogP contribution in [0.15, 0.2) is 131 Å². The maximum Gasteiger partial charge on any atom is 0.173 e. The van der Waals surface area contributed by atoms with Gasteiger partial charge in [-0.05, 0) is 34.6 Å². The van der Waals surface area contributed by atoms with E-state index in [1.165, 1.54) is 21.1 Å². The zero-order valence-corrected chi connectivity index (χ0v) is 18.8. The molecule has 0 aromatic heterocycles. The Bertz CT molecular complexity index is 1040. The third-order valence-electron chi connectivity index (χ3n) is 5.38. The molecule has 0 saturated carbocycles.